The number of aromatic nitrogens is 1. The van der Waals surface area contributed by atoms with Gasteiger partial charge in [0.25, 0.3) is 0 Å². The second-order valence-corrected chi connectivity index (χ2v) is 5.42. The molecule has 0 amide bonds. The molecule has 1 aromatic heterocycles. The highest BCUT2D eigenvalue weighted by atomic mass is 35.5. The van der Waals surface area contributed by atoms with Crippen molar-refractivity contribution in [2.45, 2.75) is 6.04 Å². The van der Waals surface area contributed by atoms with Gasteiger partial charge in [-0.05, 0) is 29.8 Å². The molecule has 0 saturated heterocycles. The van der Waals surface area contributed by atoms with Crippen LogP contribution in [0.1, 0.15) is 17.2 Å². The molecule has 0 radical (unpaired) electrons. The van der Waals surface area contributed by atoms with Crippen molar-refractivity contribution in [3.05, 3.63) is 95.1 Å². The Balaban J connectivity index is 1.88. The number of rotatable bonds is 3. The molecule has 0 saturated carbocycles. The lowest BCUT2D eigenvalue weighted by molar-refractivity contribution is 1.00. The maximum atomic E-state index is 5.89. The fraction of sp³-hybridized carbons (Fsp3) is 0.0500. The topological polar surface area (TPSA) is 24.9 Å². The Bertz CT molecular complexity index is 803. The van der Waals surface area contributed by atoms with Crippen molar-refractivity contribution in [2.24, 2.45) is 0 Å². The Morgan fingerprint density at radius 2 is 1.57 bits per heavy atom. The second kappa shape index (κ2) is 7.49. The van der Waals surface area contributed by atoms with Crippen LogP contribution in [-0.2, 0) is 0 Å². The van der Waals surface area contributed by atoms with E-state index in [1.165, 1.54) is 0 Å². The van der Waals surface area contributed by atoms with Gasteiger partial charge >= 0.3 is 0 Å². The molecule has 1 heterocycles. The van der Waals surface area contributed by atoms with Gasteiger partial charge in [-0.25, -0.2) is 4.98 Å². The summed E-state index contributed by atoms with van der Waals surface area (Å²) in [6.07, 6.45) is 1.62. The van der Waals surface area contributed by atoms with Gasteiger partial charge in [-0.3, -0.25) is 0 Å². The fourth-order valence-electron chi connectivity index (χ4n) is 2.13. The lowest BCUT2D eigenvalue weighted by atomic mass is 10.1. The SMILES string of the molecule is Clc1ccc(NC(C#Cc2ccccc2)c2ccccc2)nc1. The van der Waals surface area contributed by atoms with Gasteiger partial charge in [0.1, 0.15) is 11.9 Å². The minimum Gasteiger partial charge on any atom is -0.353 e. The van der Waals surface area contributed by atoms with Gasteiger partial charge in [0, 0.05) is 11.8 Å². The summed E-state index contributed by atoms with van der Waals surface area (Å²) < 4.78 is 0. The standard InChI is InChI=1S/C20H15ClN2/c21-18-12-14-20(22-15-18)23-19(17-9-5-2-6-10-17)13-11-16-7-3-1-4-8-16/h1-10,12,14-15,19H,(H,22,23). The zero-order chi connectivity index (χ0) is 15.9. The summed E-state index contributed by atoms with van der Waals surface area (Å²) in [5.74, 6) is 7.23. The van der Waals surface area contributed by atoms with E-state index in [0.29, 0.717) is 5.02 Å². The highest BCUT2D eigenvalue weighted by Gasteiger charge is 2.08. The molecule has 0 aliphatic heterocycles. The lowest BCUT2D eigenvalue weighted by Crippen LogP contribution is -2.09. The molecule has 0 aliphatic rings. The Kier molecular flexibility index (Phi) is 4.93. The van der Waals surface area contributed by atoms with Crippen LogP contribution in [0.25, 0.3) is 0 Å². The molecule has 112 valence electrons. The zero-order valence-corrected chi connectivity index (χ0v) is 13.2. The van der Waals surface area contributed by atoms with E-state index in [2.05, 4.69) is 22.1 Å². The molecule has 1 atom stereocenters. The van der Waals surface area contributed by atoms with Gasteiger partial charge in [-0.1, -0.05) is 72.0 Å². The van der Waals surface area contributed by atoms with Crippen LogP contribution in [0.2, 0.25) is 5.02 Å². The van der Waals surface area contributed by atoms with Crippen molar-refractivity contribution in [2.75, 3.05) is 5.32 Å². The van der Waals surface area contributed by atoms with Crippen LogP contribution in [0.15, 0.2) is 79.0 Å². The molecule has 2 aromatic carbocycles. The molecule has 0 fully saturated rings. The third-order valence-electron chi connectivity index (χ3n) is 3.29. The van der Waals surface area contributed by atoms with Crippen molar-refractivity contribution in [1.29, 1.82) is 0 Å². The van der Waals surface area contributed by atoms with E-state index >= 15 is 0 Å². The number of nitrogens with zero attached hydrogens (tertiary/aromatic N) is 1. The number of hydrogen-bond acceptors (Lipinski definition) is 2. The monoisotopic (exact) mass is 318 g/mol. The molecule has 3 rings (SSSR count). The van der Waals surface area contributed by atoms with Crippen LogP contribution in [0.4, 0.5) is 5.82 Å². The number of nitrogens with one attached hydrogen (secondary N) is 1. The maximum Gasteiger partial charge on any atom is 0.127 e. The molecule has 23 heavy (non-hydrogen) atoms. The van der Waals surface area contributed by atoms with E-state index < -0.39 is 0 Å². The average molecular weight is 319 g/mol. The quantitative estimate of drug-likeness (QED) is 0.692. The molecule has 1 N–H and O–H groups in total. The summed E-state index contributed by atoms with van der Waals surface area (Å²) in [7, 11) is 0. The highest BCUT2D eigenvalue weighted by molar-refractivity contribution is 6.30. The lowest BCUT2D eigenvalue weighted by Gasteiger charge is -2.14. The minimum atomic E-state index is -0.148. The molecule has 0 spiro atoms. The minimum absolute atomic E-state index is 0.148. The number of anilines is 1. The third kappa shape index (κ3) is 4.35. The van der Waals surface area contributed by atoms with Crippen molar-refractivity contribution >= 4 is 17.4 Å². The van der Waals surface area contributed by atoms with Crippen LogP contribution in [0.5, 0.6) is 0 Å². The van der Waals surface area contributed by atoms with Crippen LogP contribution >= 0.6 is 11.6 Å². The first-order valence-corrected chi connectivity index (χ1v) is 7.69. The molecular formula is C20H15ClN2. The van der Waals surface area contributed by atoms with Crippen molar-refractivity contribution in [3.63, 3.8) is 0 Å². The summed E-state index contributed by atoms with van der Waals surface area (Å²) in [6.45, 7) is 0. The highest BCUT2D eigenvalue weighted by Crippen LogP contribution is 2.19. The summed E-state index contributed by atoms with van der Waals surface area (Å²) in [5.41, 5.74) is 2.08. The Hall–Kier alpha value is -2.76. The van der Waals surface area contributed by atoms with Crippen LogP contribution in [-0.4, -0.2) is 4.98 Å². The molecule has 3 aromatic rings. The van der Waals surface area contributed by atoms with Gasteiger partial charge in [-0.15, -0.1) is 0 Å². The van der Waals surface area contributed by atoms with Gasteiger partial charge in [0.2, 0.25) is 0 Å². The van der Waals surface area contributed by atoms with Gasteiger partial charge in [0.15, 0.2) is 0 Å². The number of halogens is 1. The maximum absolute atomic E-state index is 5.89. The van der Waals surface area contributed by atoms with Crippen LogP contribution < -0.4 is 5.32 Å². The summed E-state index contributed by atoms with van der Waals surface area (Å²) in [4.78, 5) is 4.29. The van der Waals surface area contributed by atoms with Gasteiger partial charge < -0.3 is 5.32 Å². The first-order valence-electron chi connectivity index (χ1n) is 7.31. The number of pyridine rings is 1. The summed E-state index contributed by atoms with van der Waals surface area (Å²) >= 11 is 5.89. The number of benzene rings is 2. The van der Waals surface area contributed by atoms with Crippen LogP contribution in [0, 0.1) is 11.8 Å². The van der Waals surface area contributed by atoms with E-state index in [1.807, 2.05) is 72.8 Å². The smallest absolute Gasteiger partial charge is 0.127 e. The number of hydrogen-bond donors (Lipinski definition) is 1. The van der Waals surface area contributed by atoms with Gasteiger partial charge in [-0.2, -0.15) is 0 Å². The Labute approximate surface area is 141 Å². The van der Waals surface area contributed by atoms with Crippen molar-refractivity contribution in [3.8, 4) is 11.8 Å². The predicted octanol–water partition coefficient (Wildman–Crippen LogP) is 4.94. The summed E-state index contributed by atoms with van der Waals surface area (Å²) in [5, 5.41) is 3.96. The summed E-state index contributed by atoms with van der Waals surface area (Å²) in [6, 6.07) is 23.5. The zero-order valence-electron chi connectivity index (χ0n) is 12.4. The van der Waals surface area contributed by atoms with E-state index in [9.17, 15) is 0 Å². The predicted molar refractivity (Wildman–Crippen MR) is 95.4 cm³/mol. The van der Waals surface area contributed by atoms with Crippen molar-refractivity contribution < 1.29 is 0 Å². The fourth-order valence-corrected chi connectivity index (χ4v) is 2.25. The van der Waals surface area contributed by atoms with Gasteiger partial charge in [0.05, 0.1) is 5.02 Å². The van der Waals surface area contributed by atoms with E-state index in [0.717, 1.165) is 16.9 Å². The first-order chi connectivity index (χ1) is 11.3. The molecule has 2 nitrogen and oxygen atoms in total. The average Bonchev–Trinajstić information content (AvgIpc) is 2.62. The second-order valence-electron chi connectivity index (χ2n) is 4.99. The Morgan fingerprint density at radius 3 is 2.22 bits per heavy atom. The van der Waals surface area contributed by atoms with Crippen molar-refractivity contribution in [1.82, 2.24) is 4.98 Å². The molecule has 3 heteroatoms. The van der Waals surface area contributed by atoms with E-state index in [-0.39, 0.29) is 6.04 Å². The largest absolute Gasteiger partial charge is 0.353 e. The van der Waals surface area contributed by atoms with Crippen LogP contribution in [0.3, 0.4) is 0 Å². The Morgan fingerprint density at radius 1 is 0.870 bits per heavy atom. The molecule has 0 aliphatic carbocycles. The van der Waals surface area contributed by atoms with E-state index in [1.54, 1.807) is 6.20 Å². The first kappa shape index (κ1) is 15.1. The third-order valence-corrected chi connectivity index (χ3v) is 3.51. The normalized spacial score (nSPS) is 11.2. The molecular weight excluding hydrogens is 304 g/mol. The van der Waals surface area contributed by atoms with E-state index in [4.69, 9.17) is 11.6 Å². The molecule has 1 unspecified atom stereocenters. The molecule has 0 bridgehead atoms.